The van der Waals surface area contributed by atoms with Crippen LogP contribution in [0.15, 0.2) is 12.3 Å². The lowest BCUT2D eigenvalue weighted by Gasteiger charge is -2.26. The number of hydrogen-bond donors (Lipinski definition) is 4. The van der Waals surface area contributed by atoms with Crippen molar-refractivity contribution in [2.75, 3.05) is 6.61 Å². The molecule has 0 aliphatic heterocycles. The van der Waals surface area contributed by atoms with Crippen molar-refractivity contribution in [2.24, 2.45) is 11.8 Å². The van der Waals surface area contributed by atoms with Crippen LogP contribution in [0.2, 0.25) is 0 Å². The molecule has 0 aromatic carbocycles. The molecule has 78 valence electrons. The third-order valence-corrected chi connectivity index (χ3v) is 2.25. The molecule has 0 rings (SSSR count). The molecule has 4 nitrogen and oxygen atoms in total. The fourth-order valence-corrected chi connectivity index (χ4v) is 1.12. The van der Waals surface area contributed by atoms with Crippen LogP contribution in [0, 0.1) is 11.8 Å². The van der Waals surface area contributed by atoms with Crippen LogP contribution in [-0.2, 0) is 0 Å². The van der Waals surface area contributed by atoms with Gasteiger partial charge in [-0.1, -0.05) is 20.4 Å². The van der Waals surface area contributed by atoms with Gasteiger partial charge in [0.15, 0.2) is 0 Å². The van der Waals surface area contributed by atoms with E-state index in [2.05, 4.69) is 6.58 Å². The zero-order valence-electron chi connectivity index (χ0n) is 8.01. The molecular weight excluding hydrogens is 172 g/mol. The minimum absolute atomic E-state index is 0.157. The fraction of sp³-hybridized carbons (Fsp3) is 0.778. The molecule has 0 saturated carbocycles. The first-order valence-corrected chi connectivity index (χ1v) is 4.26. The minimum atomic E-state index is -1.15. The molecular formula is C9H18O4. The zero-order chi connectivity index (χ0) is 10.6. The highest BCUT2D eigenvalue weighted by molar-refractivity contribution is 4.94. The van der Waals surface area contributed by atoms with E-state index in [9.17, 15) is 10.2 Å². The van der Waals surface area contributed by atoms with Crippen molar-refractivity contribution in [3.63, 3.8) is 0 Å². The van der Waals surface area contributed by atoms with Crippen molar-refractivity contribution in [1.29, 1.82) is 0 Å². The molecule has 0 aromatic rings. The molecule has 13 heavy (non-hydrogen) atoms. The molecule has 0 fully saturated rings. The second-order valence-electron chi connectivity index (χ2n) is 3.45. The third-order valence-electron chi connectivity index (χ3n) is 2.25. The van der Waals surface area contributed by atoms with Gasteiger partial charge in [-0.15, -0.1) is 0 Å². The standard InChI is InChI=1S/C9H18O4/c1-5(4-10)8(12)6(2)9(13)7(3)11/h5-6,8-13H,3-4H2,1-2H3/t5-,6+,8-,9-/m1/s1. The summed E-state index contributed by atoms with van der Waals surface area (Å²) in [5, 5.41) is 36.5. The number of aliphatic hydroxyl groups excluding tert-OH is 4. The summed E-state index contributed by atoms with van der Waals surface area (Å²) in [6, 6.07) is 0. The van der Waals surface area contributed by atoms with Crippen LogP contribution in [0.25, 0.3) is 0 Å². The average molecular weight is 190 g/mol. The quantitative estimate of drug-likeness (QED) is 0.462. The Labute approximate surface area is 78.1 Å². The average Bonchev–Trinajstić information content (AvgIpc) is 2.12. The SMILES string of the molecule is C=C(O)[C@H](O)[C@@H](C)[C@H](O)[C@H](C)CO. The third kappa shape index (κ3) is 3.34. The van der Waals surface area contributed by atoms with Gasteiger partial charge in [0, 0.05) is 18.4 Å². The zero-order valence-corrected chi connectivity index (χ0v) is 8.01. The molecule has 0 aliphatic rings. The predicted molar refractivity (Wildman–Crippen MR) is 49.2 cm³/mol. The predicted octanol–water partition coefficient (Wildman–Crippen LogP) is 0.0444. The normalized spacial score (nSPS) is 20.4. The number of rotatable bonds is 5. The highest BCUT2D eigenvalue weighted by atomic mass is 16.3. The smallest absolute Gasteiger partial charge is 0.115 e. The molecule has 4 N–H and O–H groups in total. The van der Waals surface area contributed by atoms with Gasteiger partial charge in [-0.2, -0.15) is 0 Å². The number of hydrogen-bond acceptors (Lipinski definition) is 4. The maximum Gasteiger partial charge on any atom is 0.115 e. The van der Waals surface area contributed by atoms with Crippen LogP contribution in [0.1, 0.15) is 13.8 Å². The molecule has 0 saturated heterocycles. The lowest BCUT2D eigenvalue weighted by atomic mass is 9.89. The van der Waals surface area contributed by atoms with Crippen LogP contribution in [0.5, 0.6) is 0 Å². The molecule has 0 unspecified atom stereocenters. The fourth-order valence-electron chi connectivity index (χ4n) is 1.12. The monoisotopic (exact) mass is 190 g/mol. The van der Waals surface area contributed by atoms with E-state index in [1.165, 1.54) is 0 Å². The van der Waals surface area contributed by atoms with E-state index in [4.69, 9.17) is 10.2 Å². The Hall–Kier alpha value is -0.580. The summed E-state index contributed by atoms with van der Waals surface area (Å²) >= 11 is 0. The largest absolute Gasteiger partial charge is 0.510 e. The van der Waals surface area contributed by atoms with Gasteiger partial charge in [0.2, 0.25) is 0 Å². The Kier molecular flexibility index (Phi) is 4.98. The maximum absolute atomic E-state index is 9.53. The second kappa shape index (κ2) is 5.21. The van der Waals surface area contributed by atoms with Gasteiger partial charge >= 0.3 is 0 Å². The van der Waals surface area contributed by atoms with Crippen LogP contribution < -0.4 is 0 Å². The van der Waals surface area contributed by atoms with E-state index in [1.54, 1.807) is 13.8 Å². The second-order valence-corrected chi connectivity index (χ2v) is 3.45. The summed E-state index contributed by atoms with van der Waals surface area (Å²) < 4.78 is 0. The summed E-state index contributed by atoms with van der Waals surface area (Å²) in [5.41, 5.74) is 0. The Balaban J connectivity index is 4.24. The van der Waals surface area contributed by atoms with E-state index in [0.29, 0.717) is 0 Å². The lowest BCUT2D eigenvalue weighted by Crippen LogP contribution is -2.36. The molecule has 0 aliphatic carbocycles. The molecule has 0 amide bonds. The van der Waals surface area contributed by atoms with Gasteiger partial charge < -0.3 is 20.4 Å². The topological polar surface area (TPSA) is 80.9 Å². The summed E-state index contributed by atoms with van der Waals surface area (Å²) in [6.45, 7) is 6.27. The van der Waals surface area contributed by atoms with E-state index in [-0.39, 0.29) is 18.3 Å². The van der Waals surface area contributed by atoms with Gasteiger partial charge in [-0.05, 0) is 0 Å². The Morgan fingerprint density at radius 2 is 1.77 bits per heavy atom. The van der Waals surface area contributed by atoms with E-state index >= 15 is 0 Å². The maximum atomic E-state index is 9.53. The Morgan fingerprint density at radius 1 is 1.31 bits per heavy atom. The first-order valence-electron chi connectivity index (χ1n) is 4.26. The Morgan fingerprint density at radius 3 is 2.08 bits per heavy atom. The van der Waals surface area contributed by atoms with Gasteiger partial charge in [0.05, 0.1) is 6.10 Å². The highest BCUT2D eigenvalue weighted by Crippen LogP contribution is 2.18. The van der Waals surface area contributed by atoms with E-state index in [1.807, 2.05) is 0 Å². The highest BCUT2D eigenvalue weighted by Gasteiger charge is 2.28. The van der Waals surface area contributed by atoms with Crippen molar-refractivity contribution in [2.45, 2.75) is 26.1 Å². The minimum Gasteiger partial charge on any atom is -0.510 e. The van der Waals surface area contributed by atoms with Crippen molar-refractivity contribution < 1.29 is 20.4 Å². The molecule has 0 aromatic heterocycles. The molecule has 0 radical (unpaired) electrons. The van der Waals surface area contributed by atoms with Gasteiger partial charge in [0.1, 0.15) is 11.9 Å². The summed E-state index contributed by atoms with van der Waals surface area (Å²) in [5.74, 6) is -1.24. The first kappa shape index (κ1) is 12.4. The van der Waals surface area contributed by atoms with E-state index < -0.39 is 18.1 Å². The Bertz CT molecular complexity index is 169. The summed E-state index contributed by atoms with van der Waals surface area (Å²) in [7, 11) is 0. The van der Waals surface area contributed by atoms with Crippen molar-refractivity contribution in [3.05, 3.63) is 12.3 Å². The number of aliphatic hydroxyl groups is 4. The van der Waals surface area contributed by atoms with Crippen molar-refractivity contribution in [1.82, 2.24) is 0 Å². The van der Waals surface area contributed by atoms with Crippen molar-refractivity contribution >= 4 is 0 Å². The summed E-state index contributed by atoms with van der Waals surface area (Å²) in [4.78, 5) is 0. The van der Waals surface area contributed by atoms with Crippen molar-refractivity contribution in [3.8, 4) is 0 Å². The lowest BCUT2D eigenvalue weighted by molar-refractivity contribution is -0.0187. The molecule has 0 spiro atoms. The van der Waals surface area contributed by atoms with Gasteiger partial charge in [-0.25, -0.2) is 0 Å². The first-order chi connectivity index (χ1) is 5.91. The molecule has 4 heteroatoms. The van der Waals surface area contributed by atoms with Crippen LogP contribution in [-0.4, -0.2) is 39.2 Å². The van der Waals surface area contributed by atoms with Gasteiger partial charge in [0.25, 0.3) is 0 Å². The molecule has 0 heterocycles. The molecule has 4 atom stereocenters. The summed E-state index contributed by atoms with van der Waals surface area (Å²) in [6.07, 6.45) is -2.01. The van der Waals surface area contributed by atoms with Crippen LogP contribution in [0.3, 0.4) is 0 Å². The van der Waals surface area contributed by atoms with Crippen LogP contribution in [0.4, 0.5) is 0 Å². The van der Waals surface area contributed by atoms with Gasteiger partial charge in [-0.3, -0.25) is 0 Å². The van der Waals surface area contributed by atoms with Crippen LogP contribution >= 0.6 is 0 Å². The van der Waals surface area contributed by atoms with E-state index in [0.717, 1.165) is 0 Å². The molecule has 0 bridgehead atoms.